The summed E-state index contributed by atoms with van der Waals surface area (Å²) in [4.78, 5) is 10.5. The van der Waals surface area contributed by atoms with Gasteiger partial charge in [-0.1, -0.05) is 51.5 Å². The van der Waals surface area contributed by atoms with Gasteiger partial charge in [0.25, 0.3) is 0 Å². The summed E-state index contributed by atoms with van der Waals surface area (Å²) in [6, 6.07) is 8.44. The van der Waals surface area contributed by atoms with Gasteiger partial charge in [0.05, 0.1) is 0 Å². The highest BCUT2D eigenvalue weighted by Gasteiger charge is 2.21. The van der Waals surface area contributed by atoms with Crippen molar-refractivity contribution in [2.45, 2.75) is 39.0 Å². The van der Waals surface area contributed by atoms with E-state index in [0.29, 0.717) is 6.54 Å². The van der Waals surface area contributed by atoms with Gasteiger partial charge in [0.1, 0.15) is 0 Å². The molecule has 1 rings (SSSR count). The molecule has 0 atom stereocenters. The van der Waals surface area contributed by atoms with Crippen LogP contribution in [0, 0.1) is 0 Å². The number of hydrogen-bond donors (Lipinski definition) is 2. The lowest BCUT2D eigenvalue weighted by atomic mass is 9.84. The third-order valence-corrected chi connectivity index (χ3v) is 2.96. The van der Waals surface area contributed by atoms with Crippen LogP contribution in [0.25, 0.3) is 0 Å². The third kappa shape index (κ3) is 4.10. The van der Waals surface area contributed by atoms with E-state index in [2.05, 4.69) is 36.5 Å². The van der Waals surface area contributed by atoms with E-state index in [1.165, 1.54) is 5.56 Å². The van der Waals surface area contributed by atoms with E-state index in [9.17, 15) is 4.79 Å². The molecule has 3 heteroatoms. The molecule has 0 heterocycles. The fraction of sp³-hybridized carbons (Fsp3) is 0.500. The van der Waals surface area contributed by atoms with Crippen LogP contribution in [0.5, 0.6) is 0 Å². The summed E-state index contributed by atoms with van der Waals surface area (Å²) in [5, 5.41) is 11.1. The number of carbonyl (C=O) groups is 1. The van der Waals surface area contributed by atoms with Crippen LogP contribution in [-0.4, -0.2) is 17.7 Å². The molecule has 0 aromatic heterocycles. The van der Waals surface area contributed by atoms with E-state index in [1.54, 1.807) is 0 Å². The molecular formula is C14H21NO2. The third-order valence-electron chi connectivity index (χ3n) is 2.96. The van der Waals surface area contributed by atoms with E-state index in [0.717, 1.165) is 18.4 Å². The summed E-state index contributed by atoms with van der Waals surface area (Å²) < 4.78 is 0. The summed E-state index contributed by atoms with van der Waals surface area (Å²) >= 11 is 0. The van der Waals surface area contributed by atoms with Gasteiger partial charge < -0.3 is 10.4 Å². The zero-order valence-electron chi connectivity index (χ0n) is 10.8. The second kappa shape index (κ2) is 5.71. The van der Waals surface area contributed by atoms with Crippen molar-refractivity contribution in [3.05, 3.63) is 35.4 Å². The molecule has 0 saturated heterocycles. The fourth-order valence-electron chi connectivity index (χ4n) is 1.81. The molecule has 2 N–H and O–H groups in total. The Morgan fingerprint density at radius 3 is 2.35 bits per heavy atom. The normalized spacial score (nSPS) is 11.2. The SMILES string of the molecule is CCCc1ccc(C(C)(C)CNC(=O)O)cc1. The topological polar surface area (TPSA) is 49.3 Å². The molecule has 1 aromatic carbocycles. The average Bonchev–Trinajstić information content (AvgIpc) is 2.28. The van der Waals surface area contributed by atoms with E-state index in [1.807, 2.05) is 13.8 Å². The molecule has 0 bridgehead atoms. The van der Waals surface area contributed by atoms with Gasteiger partial charge in [-0.2, -0.15) is 0 Å². The van der Waals surface area contributed by atoms with E-state index in [-0.39, 0.29) is 5.41 Å². The van der Waals surface area contributed by atoms with Crippen molar-refractivity contribution in [3.63, 3.8) is 0 Å². The smallest absolute Gasteiger partial charge is 0.404 e. The van der Waals surface area contributed by atoms with Gasteiger partial charge in [0.15, 0.2) is 0 Å². The maximum atomic E-state index is 10.5. The molecule has 0 aliphatic heterocycles. The van der Waals surface area contributed by atoms with Crippen molar-refractivity contribution in [2.24, 2.45) is 0 Å². The highest BCUT2D eigenvalue weighted by Crippen LogP contribution is 2.22. The van der Waals surface area contributed by atoms with Crippen LogP contribution in [0.1, 0.15) is 38.3 Å². The van der Waals surface area contributed by atoms with Crippen molar-refractivity contribution < 1.29 is 9.90 Å². The molecule has 0 spiro atoms. The Hall–Kier alpha value is -1.51. The molecular weight excluding hydrogens is 214 g/mol. The summed E-state index contributed by atoms with van der Waals surface area (Å²) in [6.45, 7) is 6.67. The monoisotopic (exact) mass is 235 g/mol. The minimum absolute atomic E-state index is 0.177. The Morgan fingerprint density at radius 1 is 1.29 bits per heavy atom. The highest BCUT2D eigenvalue weighted by molar-refractivity contribution is 5.64. The minimum atomic E-state index is -0.972. The second-order valence-electron chi connectivity index (χ2n) is 4.99. The van der Waals surface area contributed by atoms with E-state index < -0.39 is 6.09 Å². The maximum Gasteiger partial charge on any atom is 0.404 e. The quantitative estimate of drug-likeness (QED) is 0.823. The molecule has 0 fully saturated rings. The molecule has 0 unspecified atom stereocenters. The molecule has 94 valence electrons. The predicted octanol–water partition coefficient (Wildman–Crippen LogP) is 3.18. The number of aryl methyl sites for hydroxylation is 1. The molecule has 1 aromatic rings. The van der Waals surface area contributed by atoms with Crippen LogP contribution in [0.2, 0.25) is 0 Å². The van der Waals surface area contributed by atoms with Gasteiger partial charge in [0, 0.05) is 12.0 Å². The van der Waals surface area contributed by atoms with E-state index in [4.69, 9.17) is 5.11 Å². The highest BCUT2D eigenvalue weighted by atomic mass is 16.4. The number of amides is 1. The first-order valence-electron chi connectivity index (χ1n) is 6.02. The van der Waals surface area contributed by atoms with E-state index >= 15 is 0 Å². The fourth-order valence-corrected chi connectivity index (χ4v) is 1.81. The molecule has 1 amide bonds. The van der Waals surface area contributed by atoms with Gasteiger partial charge in [-0.15, -0.1) is 0 Å². The van der Waals surface area contributed by atoms with Gasteiger partial charge >= 0.3 is 6.09 Å². The number of carboxylic acid groups (broad SMARTS) is 1. The number of rotatable bonds is 5. The van der Waals surface area contributed by atoms with Crippen LogP contribution in [0.15, 0.2) is 24.3 Å². The zero-order valence-corrected chi connectivity index (χ0v) is 10.8. The number of hydrogen-bond acceptors (Lipinski definition) is 1. The van der Waals surface area contributed by atoms with Gasteiger partial charge in [0.2, 0.25) is 0 Å². The lowest BCUT2D eigenvalue weighted by molar-refractivity contribution is 0.192. The Bertz CT molecular complexity index is 368. The maximum absolute atomic E-state index is 10.5. The summed E-state index contributed by atoms with van der Waals surface area (Å²) in [5.41, 5.74) is 2.31. The zero-order chi connectivity index (χ0) is 12.9. The van der Waals surface area contributed by atoms with Crippen molar-refractivity contribution in [2.75, 3.05) is 6.54 Å². The second-order valence-corrected chi connectivity index (χ2v) is 4.99. The standard InChI is InChI=1S/C14H21NO2/c1-4-5-11-6-8-12(9-7-11)14(2,3)10-15-13(16)17/h6-9,15H,4-5,10H2,1-3H3,(H,16,17). The molecule has 0 aliphatic rings. The number of nitrogens with one attached hydrogen (secondary N) is 1. The molecule has 0 aliphatic carbocycles. The van der Waals surface area contributed by atoms with Gasteiger partial charge in [-0.05, 0) is 17.5 Å². The first-order valence-corrected chi connectivity index (χ1v) is 6.02. The van der Waals surface area contributed by atoms with Gasteiger partial charge in [-0.3, -0.25) is 0 Å². The summed E-state index contributed by atoms with van der Waals surface area (Å²) in [7, 11) is 0. The van der Waals surface area contributed by atoms with Crippen LogP contribution in [0.3, 0.4) is 0 Å². The minimum Gasteiger partial charge on any atom is -0.465 e. The largest absolute Gasteiger partial charge is 0.465 e. The Kier molecular flexibility index (Phi) is 4.55. The van der Waals surface area contributed by atoms with Gasteiger partial charge in [-0.25, -0.2) is 4.79 Å². The van der Waals surface area contributed by atoms with Crippen molar-refractivity contribution in [3.8, 4) is 0 Å². The van der Waals surface area contributed by atoms with Crippen molar-refractivity contribution >= 4 is 6.09 Å². The van der Waals surface area contributed by atoms with Crippen molar-refractivity contribution in [1.82, 2.24) is 5.32 Å². The Morgan fingerprint density at radius 2 is 1.88 bits per heavy atom. The lowest BCUT2D eigenvalue weighted by Gasteiger charge is -2.25. The summed E-state index contributed by atoms with van der Waals surface area (Å²) in [6.07, 6.45) is 1.26. The van der Waals surface area contributed by atoms with Crippen LogP contribution >= 0.6 is 0 Å². The molecule has 17 heavy (non-hydrogen) atoms. The van der Waals surface area contributed by atoms with Crippen LogP contribution < -0.4 is 5.32 Å². The Labute approximate surface area is 103 Å². The summed E-state index contributed by atoms with van der Waals surface area (Å²) in [5.74, 6) is 0. The lowest BCUT2D eigenvalue weighted by Crippen LogP contribution is -2.35. The first kappa shape index (κ1) is 13.6. The molecule has 3 nitrogen and oxygen atoms in total. The van der Waals surface area contributed by atoms with Crippen LogP contribution in [-0.2, 0) is 11.8 Å². The molecule has 0 saturated carbocycles. The average molecular weight is 235 g/mol. The van der Waals surface area contributed by atoms with Crippen LogP contribution in [0.4, 0.5) is 4.79 Å². The first-order chi connectivity index (χ1) is 7.95. The van der Waals surface area contributed by atoms with Crippen molar-refractivity contribution in [1.29, 1.82) is 0 Å². The number of benzene rings is 1. The predicted molar refractivity (Wildman–Crippen MR) is 69.5 cm³/mol. The Balaban J connectivity index is 2.73. The molecule has 0 radical (unpaired) electrons.